The number of hydrogen-bond donors (Lipinski definition) is 0. The van der Waals surface area contributed by atoms with E-state index in [1.54, 1.807) is 0 Å². The molecular formula is C6H2F4S4. The number of benzene rings is 1. The largest absolute Gasteiger partial charge is 0.160 e. The third-order valence-corrected chi connectivity index (χ3v) is 3.92. The first-order valence-corrected chi connectivity index (χ1v) is 5.96. The molecule has 0 heterocycles. The summed E-state index contributed by atoms with van der Waals surface area (Å²) in [5, 5.41) is 0. The van der Waals surface area contributed by atoms with Crippen LogP contribution >= 0.6 is 48.6 Å². The van der Waals surface area contributed by atoms with Crippen LogP contribution in [0.3, 0.4) is 0 Å². The van der Waals surface area contributed by atoms with E-state index in [9.17, 15) is 15.5 Å². The fourth-order valence-electron chi connectivity index (χ4n) is 0.794. The van der Waals surface area contributed by atoms with Crippen molar-refractivity contribution in [2.24, 2.45) is 0 Å². The van der Waals surface area contributed by atoms with Gasteiger partial charge >= 0.3 is 0 Å². The van der Waals surface area contributed by atoms with E-state index in [4.69, 9.17) is 0 Å². The van der Waals surface area contributed by atoms with Crippen LogP contribution in [-0.4, -0.2) is 0 Å². The molecule has 0 aliphatic rings. The second-order valence-corrected chi connectivity index (χ2v) is 4.34. The maximum atomic E-state index is 12.4. The predicted molar refractivity (Wildman–Crippen MR) is 54.3 cm³/mol. The smallest absolute Gasteiger partial charge is 0.0838 e. The summed E-state index contributed by atoms with van der Waals surface area (Å²) in [6, 6.07) is 2.41. The van der Waals surface area contributed by atoms with E-state index in [-0.39, 0.29) is 68.2 Å². The molecular weight excluding hydrogens is 276 g/mol. The lowest BCUT2D eigenvalue weighted by Crippen LogP contribution is -1.82. The number of halogens is 4. The first-order valence-electron chi connectivity index (χ1n) is 3.09. The Balaban J connectivity index is 3.28. The summed E-state index contributed by atoms with van der Waals surface area (Å²) in [7, 11) is 0. The average molecular weight is 278 g/mol. The Hall–Kier alpha value is 0.340. The molecule has 8 heteroatoms. The normalized spacial score (nSPS) is 10.6. The Bertz CT molecular complexity index is 288. The van der Waals surface area contributed by atoms with E-state index in [0.29, 0.717) is 0 Å². The van der Waals surface area contributed by atoms with Crippen LogP contribution in [-0.2, 0) is 0 Å². The van der Waals surface area contributed by atoms with Crippen LogP contribution in [0.1, 0.15) is 0 Å². The molecule has 0 amide bonds. The van der Waals surface area contributed by atoms with Gasteiger partial charge in [0.05, 0.1) is 68.2 Å². The monoisotopic (exact) mass is 278 g/mol. The minimum atomic E-state index is -0.301. The summed E-state index contributed by atoms with van der Waals surface area (Å²) in [6.07, 6.45) is 0. The third kappa shape index (κ3) is 2.47. The Morgan fingerprint density at radius 2 is 1.00 bits per heavy atom. The van der Waals surface area contributed by atoms with Crippen LogP contribution in [0.4, 0.5) is 15.5 Å². The highest BCUT2D eigenvalue weighted by molar-refractivity contribution is 8.00. The van der Waals surface area contributed by atoms with Crippen molar-refractivity contribution in [1.29, 1.82) is 0 Å². The zero-order chi connectivity index (χ0) is 10.6. The summed E-state index contributed by atoms with van der Waals surface area (Å²) < 4.78 is 49.2. The lowest BCUT2D eigenvalue weighted by molar-refractivity contribution is 0.858. The third-order valence-electron chi connectivity index (χ3n) is 1.36. The molecule has 0 bridgehead atoms. The lowest BCUT2D eigenvalue weighted by Gasteiger charge is -2.06. The molecule has 0 fully saturated rings. The van der Waals surface area contributed by atoms with Crippen LogP contribution in [0.5, 0.6) is 0 Å². The SMILES string of the molecule is FSc1ccc(SF)c(SF)c1SF. The summed E-state index contributed by atoms with van der Waals surface area (Å²) >= 11 is -1.01. The molecule has 0 radical (unpaired) electrons. The van der Waals surface area contributed by atoms with Gasteiger partial charge in [0.25, 0.3) is 0 Å². The maximum absolute atomic E-state index is 12.4. The van der Waals surface area contributed by atoms with Crippen LogP contribution in [0, 0.1) is 0 Å². The standard InChI is InChI=1S/C6H2F4S4/c7-11-3-1-2-4(12-8)6(14-10)5(3)13-9/h1-2H. The maximum Gasteiger partial charge on any atom is 0.0838 e. The van der Waals surface area contributed by atoms with Gasteiger partial charge in [0, 0.05) is 0 Å². The average Bonchev–Trinajstić information content (AvgIpc) is 2.26. The van der Waals surface area contributed by atoms with Gasteiger partial charge in [-0.3, -0.25) is 0 Å². The topological polar surface area (TPSA) is 0 Å². The first-order chi connectivity index (χ1) is 6.78. The Kier molecular flexibility index (Phi) is 5.35. The molecule has 0 aliphatic carbocycles. The number of rotatable bonds is 4. The van der Waals surface area contributed by atoms with Gasteiger partial charge in [-0.2, -0.15) is 15.5 Å². The highest BCUT2D eigenvalue weighted by atomic mass is 32.2. The zero-order valence-corrected chi connectivity index (χ0v) is 9.57. The summed E-state index contributed by atoms with van der Waals surface area (Å²) in [5.41, 5.74) is 0. The van der Waals surface area contributed by atoms with Gasteiger partial charge < -0.3 is 0 Å². The molecule has 1 rings (SSSR count). The second kappa shape index (κ2) is 6.04. The van der Waals surface area contributed by atoms with E-state index < -0.39 is 0 Å². The summed E-state index contributed by atoms with van der Waals surface area (Å²) in [5.74, 6) is 0. The predicted octanol–water partition coefficient (Wildman–Crippen LogP) is 5.59. The van der Waals surface area contributed by atoms with Gasteiger partial charge in [-0.15, -0.1) is 0 Å². The van der Waals surface area contributed by atoms with Crippen molar-refractivity contribution in [3.05, 3.63) is 12.1 Å². The molecule has 0 atom stereocenters. The summed E-state index contributed by atoms with van der Waals surface area (Å²) in [6.45, 7) is 0. The van der Waals surface area contributed by atoms with Crippen LogP contribution in [0.25, 0.3) is 0 Å². The molecule has 0 aromatic heterocycles. The lowest BCUT2D eigenvalue weighted by atomic mass is 10.3. The minimum Gasteiger partial charge on any atom is -0.160 e. The van der Waals surface area contributed by atoms with Gasteiger partial charge in [-0.1, -0.05) is 0 Å². The summed E-state index contributed by atoms with van der Waals surface area (Å²) in [4.78, 5) is -0.578. The fraction of sp³-hybridized carbons (Fsp3) is 0. The second-order valence-electron chi connectivity index (χ2n) is 2.03. The molecule has 0 nitrogen and oxygen atoms in total. The van der Waals surface area contributed by atoms with Gasteiger partial charge in [0.15, 0.2) is 0 Å². The van der Waals surface area contributed by atoms with E-state index in [0.717, 1.165) is 0 Å². The molecule has 0 unspecified atom stereocenters. The van der Waals surface area contributed by atoms with Crippen molar-refractivity contribution in [2.75, 3.05) is 0 Å². The van der Waals surface area contributed by atoms with E-state index in [1.807, 2.05) is 0 Å². The molecule has 0 spiro atoms. The Labute approximate surface area is 95.8 Å². The molecule has 0 N–H and O–H groups in total. The van der Waals surface area contributed by atoms with Gasteiger partial charge in [0.2, 0.25) is 0 Å². The highest BCUT2D eigenvalue weighted by Crippen LogP contribution is 2.44. The van der Waals surface area contributed by atoms with Crippen molar-refractivity contribution >= 4 is 48.6 Å². The zero-order valence-electron chi connectivity index (χ0n) is 6.30. The van der Waals surface area contributed by atoms with Gasteiger partial charge in [-0.05, 0) is 12.1 Å². The van der Waals surface area contributed by atoms with Gasteiger partial charge in [0.1, 0.15) is 0 Å². The molecule has 1 aromatic rings. The molecule has 78 valence electrons. The number of hydrogen-bond acceptors (Lipinski definition) is 4. The van der Waals surface area contributed by atoms with Crippen molar-refractivity contribution in [3.63, 3.8) is 0 Å². The quantitative estimate of drug-likeness (QED) is 0.658. The van der Waals surface area contributed by atoms with Crippen molar-refractivity contribution in [3.8, 4) is 0 Å². The molecule has 0 saturated carbocycles. The first kappa shape index (κ1) is 12.4. The van der Waals surface area contributed by atoms with Crippen molar-refractivity contribution in [2.45, 2.75) is 19.6 Å². The van der Waals surface area contributed by atoms with E-state index >= 15 is 0 Å². The van der Waals surface area contributed by atoms with Crippen LogP contribution < -0.4 is 0 Å². The van der Waals surface area contributed by atoms with E-state index in [2.05, 4.69) is 0 Å². The van der Waals surface area contributed by atoms with Crippen molar-refractivity contribution in [1.82, 2.24) is 0 Å². The molecule has 1 aromatic carbocycles. The molecule has 0 aliphatic heterocycles. The molecule has 14 heavy (non-hydrogen) atoms. The van der Waals surface area contributed by atoms with Crippen LogP contribution in [0.15, 0.2) is 31.7 Å². The van der Waals surface area contributed by atoms with Crippen molar-refractivity contribution < 1.29 is 15.5 Å². The molecule has 0 saturated heterocycles. The van der Waals surface area contributed by atoms with Crippen LogP contribution in [0.2, 0.25) is 0 Å². The highest BCUT2D eigenvalue weighted by Gasteiger charge is 2.17. The van der Waals surface area contributed by atoms with Gasteiger partial charge in [-0.25, -0.2) is 0 Å². The van der Waals surface area contributed by atoms with E-state index in [1.165, 1.54) is 12.1 Å². The Morgan fingerprint density at radius 1 is 0.643 bits per heavy atom. The minimum absolute atomic E-state index is 0.0598. The fourth-order valence-corrected chi connectivity index (χ4v) is 2.72. The Morgan fingerprint density at radius 3 is 1.21 bits per heavy atom.